The van der Waals surface area contributed by atoms with E-state index < -0.39 is 4.92 Å². The van der Waals surface area contributed by atoms with Crippen LogP contribution in [0.1, 0.15) is 28.9 Å². The van der Waals surface area contributed by atoms with Gasteiger partial charge in [0.2, 0.25) is 0 Å². The molecule has 96 valence electrons. The maximum absolute atomic E-state index is 12.2. The number of carbonyl (C=O) groups is 1. The molecule has 0 aliphatic rings. The fourth-order valence-corrected chi connectivity index (χ4v) is 1.76. The molecule has 2 rings (SSSR count). The molecule has 0 aliphatic heterocycles. The van der Waals surface area contributed by atoms with Crippen LogP contribution in [0.2, 0.25) is 0 Å². The molecule has 1 aromatic heterocycles. The molecule has 0 saturated heterocycles. The minimum Gasteiger partial charge on any atom is -0.293 e. The van der Waals surface area contributed by atoms with Gasteiger partial charge in [0.25, 0.3) is 5.69 Å². The molecular weight excluding hydrogens is 244 g/mol. The second-order valence-electron chi connectivity index (χ2n) is 4.14. The number of hydrogen-bond donors (Lipinski definition) is 0. The molecule has 0 spiro atoms. The minimum atomic E-state index is -0.490. The van der Waals surface area contributed by atoms with E-state index >= 15 is 0 Å². The van der Waals surface area contributed by atoms with Crippen molar-refractivity contribution in [3.8, 4) is 0 Å². The maximum atomic E-state index is 12.2. The summed E-state index contributed by atoms with van der Waals surface area (Å²) in [6.07, 6.45) is 1.63. The van der Waals surface area contributed by atoms with Crippen molar-refractivity contribution in [3.63, 3.8) is 0 Å². The van der Waals surface area contributed by atoms with Crippen LogP contribution in [-0.2, 0) is 0 Å². The summed E-state index contributed by atoms with van der Waals surface area (Å²) in [5.41, 5.74) is 1.11. The first kappa shape index (κ1) is 12.9. The molecular formula is C14H12N2O3. The normalized spacial score (nSPS) is 11.8. The highest BCUT2D eigenvalue weighted by Gasteiger charge is 2.18. The average molecular weight is 256 g/mol. The van der Waals surface area contributed by atoms with Gasteiger partial charge in [-0.25, -0.2) is 0 Å². The quantitative estimate of drug-likeness (QED) is 0.479. The second-order valence-corrected chi connectivity index (χ2v) is 4.14. The fourth-order valence-electron chi connectivity index (χ4n) is 1.76. The van der Waals surface area contributed by atoms with Crippen molar-refractivity contribution in [2.45, 2.75) is 12.8 Å². The molecule has 5 nitrogen and oxygen atoms in total. The highest BCUT2D eigenvalue weighted by molar-refractivity contribution is 6.00. The van der Waals surface area contributed by atoms with Gasteiger partial charge in [-0.05, 0) is 31.2 Å². The summed E-state index contributed by atoms with van der Waals surface area (Å²) in [6.45, 7) is 1.77. The second kappa shape index (κ2) is 5.39. The summed E-state index contributed by atoms with van der Waals surface area (Å²) in [6, 6.07) is 11.0. The van der Waals surface area contributed by atoms with Crippen LogP contribution >= 0.6 is 0 Å². The van der Waals surface area contributed by atoms with Gasteiger partial charge in [0.15, 0.2) is 5.78 Å². The molecule has 1 atom stereocenters. The number of hydrogen-bond acceptors (Lipinski definition) is 4. The van der Waals surface area contributed by atoms with Gasteiger partial charge in [0.05, 0.1) is 16.5 Å². The predicted molar refractivity (Wildman–Crippen MR) is 70.1 cm³/mol. The van der Waals surface area contributed by atoms with Crippen molar-refractivity contribution in [1.82, 2.24) is 4.98 Å². The zero-order valence-electron chi connectivity index (χ0n) is 10.3. The summed E-state index contributed by atoms with van der Waals surface area (Å²) < 4.78 is 0. The summed E-state index contributed by atoms with van der Waals surface area (Å²) in [5.74, 6) is -0.476. The van der Waals surface area contributed by atoms with E-state index in [4.69, 9.17) is 0 Å². The van der Waals surface area contributed by atoms with Gasteiger partial charge in [0.1, 0.15) is 0 Å². The monoisotopic (exact) mass is 256 g/mol. The molecule has 0 amide bonds. The Morgan fingerprint density at radius 3 is 2.42 bits per heavy atom. The highest BCUT2D eigenvalue weighted by atomic mass is 16.6. The number of nitrogens with zero attached hydrogens (tertiary/aromatic N) is 2. The first-order chi connectivity index (χ1) is 9.09. The molecule has 0 N–H and O–H groups in total. The third-order valence-electron chi connectivity index (χ3n) is 2.89. The molecule has 0 bridgehead atoms. The van der Waals surface area contributed by atoms with Crippen molar-refractivity contribution in [2.75, 3.05) is 0 Å². The molecule has 1 heterocycles. The van der Waals surface area contributed by atoms with E-state index in [0.717, 1.165) is 0 Å². The Morgan fingerprint density at radius 1 is 1.21 bits per heavy atom. The lowest BCUT2D eigenvalue weighted by Crippen LogP contribution is -2.10. The van der Waals surface area contributed by atoms with E-state index in [9.17, 15) is 14.9 Å². The van der Waals surface area contributed by atoms with Gasteiger partial charge in [-0.15, -0.1) is 0 Å². The number of nitro groups is 1. The smallest absolute Gasteiger partial charge is 0.269 e. The molecule has 1 aromatic carbocycles. The zero-order chi connectivity index (χ0) is 13.8. The SMILES string of the molecule is CC(C(=O)c1ccc([N+](=O)[O-])cc1)c1ccccn1. The molecule has 5 heteroatoms. The zero-order valence-corrected chi connectivity index (χ0v) is 10.3. The number of benzene rings is 1. The van der Waals surface area contributed by atoms with Gasteiger partial charge < -0.3 is 0 Å². The summed E-state index contributed by atoms with van der Waals surface area (Å²) in [4.78, 5) is 26.4. The van der Waals surface area contributed by atoms with Crippen molar-refractivity contribution in [1.29, 1.82) is 0 Å². The fraction of sp³-hybridized carbons (Fsp3) is 0.143. The topological polar surface area (TPSA) is 73.1 Å². The summed E-state index contributed by atoms with van der Waals surface area (Å²) in [7, 11) is 0. The number of ketones is 1. The molecule has 0 saturated carbocycles. The largest absolute Gasteiger partial charge is 0.293 e. The van der Waals surface area contributed by atoms with Crippen molar-refractivity contribution < 1.29 is 9.72 Å². The van der Waals surface area contributed by atoms with Crippen molar-refractivity contribution in [2.24, 2.45) is 0 Å². The Hall–Kier alpha value is -2.56. The van der Waals surface area contributed by atoms with Crippen LogP contribution in [0.25, 0.3) is 0 Å². The summed E-state index contributed by atoms with van der Waals surface area (Å²) >= 11 is 0. The van der Waals surface area contributed by atoms with Crippen LogP contribution in [0.5, 0.6) is 0 Å². The Balaban J connectivity index is 2.22. The Morgan fingerprint density at radius 2 is 1.89 bits per heavy atom. The van der Waals surface area contributed by atoms with Crippen LogP contribution in [0.4, 0.5) is 5.69 Å². The third-order valence-corrected chi connectivity index (χ3v) is 2.89. The van der Waals surface area contributed by atoms with Crippen LogP contribution in [0.15, 0.2) is 48.7 Å². The van der Waals surface area contributed by atoms with E-state index in [2.05, 4.69) is 4.98 Å². The molecule has 2 aromatic rings. The van der Waals surface area contributed by atoms with Crippen molar-refractivity contribution >= 4 is 11.5 Å². The van der Waals surface area contributed by atoms with E-state index in [1.807, 2.05) is 6.07 Å². The van der Waals surface area contributed by atoms with Gasteiger partial charge in [-0.2, -0.15) is 0 Å². The Labute approximate surface area is 110 Å². The van der Waals surface area contributed by atoms with Crippen LogP contribution in [0.3, 0.4) is 0 Å². The molecule has 1 unspecified atom stereocenters. The molecule has 0 aliphatic carbocycles. The van der Waals surface area contributed by atoms with E-state index in [-0.39, 0.29) is 17.4 Å². The standard InChI is InChI=1S/C14H12N2O3/c1-10(13-4-2-3-9-15-13)14(17)11-5-7-12(8-6-11)16(18)19/h2-10H,1H3. The number of nitro benzene ring substituents is 1. The van der Waals surface area contributed by atoms with Crippen molar-refractivity contribution in [3.05, 3.63) is 70.0 Å². The first-order valence-electron chi connectivity index (χ1n) is 5.79. The molecule has 19 heavy (non-hydrogen) atoms. The number of Topliss-reactive ketones (excluding diaryl/α,β-unsaturated/α-hetero) is 1. The number of rotatable bonds is 4. The number of aromatic nitrogens is 1. The minimum absolute atomic E-state index is 0.0259. The lowest BCUT2D eigenvalue weighted by Gasteiger charge is -2.09. The van der Waals surface area contributed by atoms with E-state index in [1.54, 1.807) is 25.3 Å². The Kier molecular flexibility index (Phi) is 3.66. The van der Waals surface area contributed by atoms with Crippen LogP contribution < -0.4 is 0 Å². The maximum Gasteiger partial charge on any atom is 0.269 e. The first-order valence-corrected chi connectivity index (χ1v) is 5.79. The van der Waals surface area contributed by atoms with E-state index in [0.29, 0.717) is 11.3 Å². The number of non-ortho nitro benzene ring substituents is 1. The lowest BCUT2D eigenvalue weighted by molar-refractivity contribution is -0.384. The molecule has 0 fully saturated rings. The number of carbonyl (C=O) groups excluding carboxylic acids is 1. The van der Waals surface area contributed by atoms with Crippen LogP contribution in [0, 0.1) is 10.1 Å². The summed E-state index contributed by atoms with van der Waals surface area (Å²) in [5, 5.41) is 10.5. The Bertz CT molecular complexity index is 594. The third kappa shape index (κ3) is 2.82. The predicted octanol–water partition coefficient (Wildman–Crippen LogP) is 2.98. The number of pyridine rings is 1. The van der Waals surface area contributed by atoms with Gasteiger partial charge in [-0.1, -0.05) is 6.07 Å². The van der Waals surface area contributed by atoms with E-state index in [1.165, 1.54) is 24.3 Å². The molecule has 0 radical (unpaired) electrons. The van der Waals surface area contributed by atoms with Crippen LogP contribution in [-0.4, -0.2) is 15.7 Å². The van der Waals surface area contributed by atoms with Gasteiger partial charge in [0, 0.05) is 23.9 Å². The lowest BCUT2D eigenvalue weighted by atomic mass is 9.96. The van der Waals surface area contributed by atoms with Gasteiger partial charge >= 0.3 is 0 Å². The van der Waals surface area contributed by atoms with Gasteiger partial charge in [-0.3, -0.25) is 19.9 Å². The average Bonchev–Trinajstić information content (AvgIpc) is 2.46. The highest BCUT2D eigenvalue weighted by Crippen LogP contribution is 2.20.